The molecular weight excluding hydrogens is 288 g/mol. The number of terminal acetylenes is 1. The van der Waals surface area contributed by atoms with E-state index in [0.29, 0.717) is 16.6 Å². The Labute approximate surface area is 126 Å². The smallest absolute Gasteiger partial charge is 0.167 e. The molecule has 2 aromatic rings. The van der Waals surface area contributed by atoms with E-state index >= 15 is 0 Å². The van der Waals surface area contributed by atoms with Gasteiger partial charge in [0.15, 0.2) is 6.23 Å². The van der Waals surface area contributed by atoms with Crippen LogP contribution in [0.15, 0.2) is 12.5 Å². The number of aliphatic hydroxyl groups excluding tert-OH is 2. The molecule has 0 bridgehead atoms. The third kappa shape index (κ3) is 1.88. The number of ether oxygens (including phenoxy) is 1. The fourth-order valence-electron chi connectivity index (χ4n) is 2.79. The third-order valence-corrected chi connectivity index (χ3v) is 3.98. The van der Waals surface area contributed by atoms with Crippen molar-refractivity contribution in [2.75, 3.05) is 12.3 Å². The largest absolute Gasteiger partial charge is 0.394 e. The fraction of sp³-hybridized carbons (Fsp3) is 0.429. The lowest BCUT2D eigenvalue weighted by Crippen LogP contribution is -2.44. The number of nitrogens with two attached hydrogens (primary N) is 1. The number of fused-ring (bicyclic) bond motifs is 1. The maximum absolute atomic E-state index is 10.6. The van der Waals surface area contributed by atoms with Crippen LogP contribution in [0.3, 0.4) is 0 Å². The molecule has 1 saturated heterocycles. The van der Waals surface area contributed by atoms with E-state index in [1.807, 2.05) is 0 Å². The average Bonchev–Trinajstić information content (AvgIpc) is 2.97. The summed E-state index contributed by atoms with van der Waals surface area (Å²) in [6.07, 6.45) is 5.17. The van der Waals surface area contributed by atoms with Crippen molar-refractivity contribution in [2.24, 2.45) is 0 Å². The number of rotatable bonds is 2. The first-order valence-electron chi connectivity index (χ1n) is 6.66. The van der Waals surface area contributed by atoms with Gasteiger partial charge < -0.3 is 30.4 Å². The molecule has 5 N–H and O–H groups in total. The number of nitrogens with zero attached hydrogens (tertiary/aromatic N) is 3. The zero-order valence-electron chi connectivity index (χ0n) is 11.8. The Morgan fingerprint density at radius 2 is 2.27 bits per heavy atom. The number of aromatic nitrogens is 3. The predicted molar refractivity (Wildman–Crippen MR) is 77.5 cm³/mol. The second-order valence-electron chi connectivity index (χ2n) is 5.43. The topological polar surface area (TPSA) is 127 Å². The minimum Gasteiger partial charge on any atom is -0.394 e. The normalized spacial score (nSPS) is 31.5. The summed E-state index contributed by atoms with van der Waals surface area (Å²) in [5, 5.41) is 30.4. The summed E-state index contributed by atoms with van der Waals surface area (Å²) < 4.78 is 7.07. The number of aliphatic hydroxyl groups is 3. The van der Waals surface area contributed by atoms with E-state index in [9.17, 15) is 15.3 Å². The van der Waals surface area contributed by atoms with Crippen molar-refractivity contribution in [1.29, 1.82) is 0 Å². The van der Waals surface area contributed by atoms with E-state index in [4.69, 9.17) is 16.9 Å². The highest BCUT2D eigenvalue weighted by atomic mass is 16.6. The number of anilines is 1. The molecule has 1 fully saturated rings. The maximum Gasteiger partial charge on any atom is 0.167 e. The van der Waals surface area contributed by atoms with Crippen LogP contribution in [0.1, 0.15) is 18.7 Å². The molecule has 1 aliphatic heterocycles. The second-order valence-corrected chi connectivity index (χ2v) is 5.43. The van der Waals surface area contributed by atoms with Crippen LogP contribution in [0.4, 0.5) is 5.82 Å². The van der Waals surface area contributed by atoms with Crippen LogP contribution in [0.2, 0.25) is 0 Å². The summed E-state index contributed by atoms with van der Waals surface area (Å²) in [7, 11) is 0. The second kappa shape index (κ2) is 4.93. The molecule has 3 heterocycles. The molecule has 0 amide bonds. The van der Waals surface area contributed by atoms with Crippen molar-refractivity contribution in [3.05, 3.63) is 18.1 Å². The Hall–Kier alpha value is -2.18. The van der Waals surface area contributed by atoms with Crippen LogP contribution in [0.25, 0.3) is 11.0 Å². The van der Waals surface area contributed by atoms with Crippen molar-refractivity contribution in [3.8, 4) is 12.3 Å². The number of nitrogen functional groups attached to an aromatic ring is 1. The number of hydrogen-bond donors (Lipinski definition) is 4. The van der Waals surface area contributed by atoms with E-state index < -0.39 is 30.6 Å². The Kier molecular flexibility index (Phi) is 3.30. The molecule has 22 heavy (non-hydrogen) atoms. The van der Waals surface area contributed by atoms with Gasteiger partial charge in [0.2, 0.25) is 0 Å². The quantitative estimate of drug-likeness (QED) is 0.524. The summed E-state index contributed by atoms with van der Waals surface area (Å²) in [6, 6.07) is 0. The molecular formula is C14H16N4O4. The van der Waals surface area contributed by atoms with Gasteiger partial charge in [-0.05, 0) is 6.92 Å². The highest BCUT2D eigenvalue weighted by molar-refractivity contribution is 5.92. The molecule has 0 spiro atoms. The van der Waals surface area contributed by atoms with Crippen molar-refractivity contribution in [1.82, 2.24) is 14.5 Å². The van der Waals surface area contributed by atoms with Crippen molar-refractivity contribution in [3.63, 3.8) is 0 Å². The van der Waals surface area contributed by atoms with E-state index in [1.165, 1.54) is 17.8 Å². The zero-order chi connectivity index (χ0) is 16.1. The molecule has 0 aromatic carbocycles. The van der Waals surface area contributed by atoms with Gasteiger partial charge in [-0.1, -0.05) is 5.92 Å². The van der Waals surface area contributed by atoms with Crippen LogP contribution in [-0.4, -0.2) is 54.3 Å². The summed E-state index contributed by atoms with van der Waals surface area (Å²) in [5.74, 6) is 2.70. The summed E-state index contributed by atoms with van der Waals surface area (Å²) in [4.78, 5) is 8.04. The minimum absolute atomic E-state index is 0.216. The van der Waals surface area contributed by atoms with Gasteiger partial charge in [-0.15, -0.1) is 6.42 Å². The van der Waals surface area contributed by atoms with Crippen LogP contribution in [-0.2, 0) is 4.74 Å². The average molecular weight is 304 g/mol. The monoisotopic (exact) mass is 304 g/mol. The van der Waals surface area contributed by atoms with Gasteiger partial charge in [0, 0.05) is 6.20 Å². The molecule has 0 aliphatic carbocycles. The minimum atomic E-state index is -1.63. The van der Waals surface area contributed by atoms with E-state index in [-0.39, 0.29) is 5.82 Å². The van der Waals surface area contributed by atoms with Crippen molar-refractivity contribution < 1.29 is 20.1 Å². The van der Waals surface area contributed by atoms with Gasteiger partial charge in [-0.2, -0.15) is 0 Å². The standard InChI is InChI=1S/C14H16N4O4/c1-3-7-4-18(12-9(7)11(15)16-6-17-12)13-14(2,21)10(20)8(5-19)22-13/h1,4,6,8,10,13,19-21H,5H2,2H3,(H2,15,16,17)/t8?,10-,13?,14?/m1/s1. The van der Waals surface area contributed by atoms with Gasteiger partial charge in [0.05, 0.1) is 17.6 Å². The van der Waals surface area contributed by atoms with Crippen LogP contribution >= 0.6 is 0 Å². The van der Waals surface area contributed by atoms with Crippen molar-refractivity contribution >= 4 is 16.9 Å². The van der Waals surface area contributed by atoms with Crippen LogP contribution < -0.4 is 5.73 Å². The first kappa shape index (κ1) is 14.7. The van der Waals surface area contributed by atoms with Gasteiger partial charge in [-0.25, -0.2) is 9.97 Å². The molecule has 4 atom stereocenters. The lowest BCUT2D eigenvalue weighted by molar-refractivity contribution is -0.0948. The van der Waals surface area contributed by atoms with Crippen LogP contribution in [0.5, 0.6) is 0 Å². The molecule has 0 radical (unpaired) electrons. The Morgan fingerprint density at radius 3 is 2.86 bits per heavy atom. The first-order valence-corrected chi connectivity index (χ1v) is 6.66. The lowest BCUT2D eigenvalue weighted by atomic mass is 9.96. The zero-order valence-corrected chi connectivity index (χ0v) is 11.8. The Balaban J connectivity index is 2.20. The van der Waals surface area contributed by atoms with Crippen LogP contribution in [0, 0.1) is 12.3 Å². The SMILES string of the molecule is C#Cc1cn(C2OC(CO)[C@@H](O)C2(C)O)c2ncnc(N)c12. The molecule has 3 rings (SSSR count). The third-order valence-electron chi connectivity index (χ3n) is 3.98. The van der Waals surface area contributed by atoms with Gasteiger partial charge in [-0.3, -0.25) is 0 Å². The Bertz CT molecular complexity index is 764. The molecule has 8 heteroatoms. The van der Waals surface area contributed by atoms with Gasteiger partial charge in [0.1, 0.15) is 35.6 Å². The van der Waals surface area contributed by atoms with E-state index in [0.717, 1.165) is 0 Å². The van der Waals surface area contributed by atoms with E-state index in [1.54, 1.807) is 6.20 Å². The van der Waals surface area contributed by atoms with Gasteiger partial charge >= 0.3 is 0 Å². The highest BCUT2D eigenvalue weighted by Gasteiger charge is 2.53. The van der Waals surface area contributed by atoms with Gasteiger partial charge in [0.25, 0.3) is 0 Å². The summed E-state index contributed by atoms with van der Waals surface area (Å²) in [5.41, 5.74) is 5.05. The maximum atomic E-state index is 10.6. The molecule has 8 nitrogen and oxygen atoms in total. The van der Waals surface area contributed by atoms with E-state index in [2.05, 4.69) is 15.9 Å². The lowest BCUT2D eigenvalue weighted by Gasteiger charge is -2.27. The molecule has 116 valence electrons. The summed E-state index contributed by atoms with van der Waals surface area (Å²) in [6.45, 7) is 0.996. The summed E-state index contributed by atoms with van der Waals surface area (Å²) >= 11 is 0. The molecule has 3 unspecified atom stereocenters. The molecule has 2 aromatic heterocycles. The number of hydrogen-bond acceptors (Lipinski definition) is 7. The molecule has 0 saturated carbocycles. The molecule has 1 aliphatic rings. The van der Waals surface area contributed by atoms with Crippen molar-refractivity contribution in [2.45, 2.75) is 31.0 Å². The highest BCUT2D eigenvalue weighted by Crippen LogP contribution is 2.40. The Morgan fingerprint density at radius 1 is 1.55 bits per heavy atom. The first-order chi connectivity index (χ1) is 10.4. The fourth-order valence-corrected chi connectivity index (χ4v) is 2.79. The predicted octanol–water partition coefficient (Wildman–Crippen LogP) is -1.00.